The molecule has 0 bridgehead atoms. The number of pyridine rings is 2. The summed E-state index contributed by atoms with van der Waals surface area (Å²) in [5.74, 6) is 1.95. The first-order chi connectivity index (χ1) is 20.0. The third-order valence-corrected chi connectivity index (χ3v) is 7.49. The van der Waals surface area contributed by atoms with Gasteiger partial charge in [0.25, 0.3) is 0 Å². The number of fused-ring (bicyclic) bond motifs is 3. The molecular weight excluding hydrogens is 712 g/mol. The van der Waals surface area contributed by atoms with Crippen LogP contribution in [0.5, 0.6) is 11.5 Å². The van der Waals surface area contributed by atoms with Gasteiger partial charge in [-0.25, -0.2) is 4.98 Å². The average Bonchev–Trinajstić information content (AvgIpc) is 3.29. The summed E-state index contributed by atoms with van der Waals surface area (Å²) in [7, 11) is 0. The molecule has 0 unspecified atom stereocenters. The Morgan fingerprint density at radius 1 is 0.744 bits per heavy atom. The van der Waals surface area contributed by atoms with Gasteiger partial charge in [-0.3, -0.25) is 0 Å². The molecule has 0 aliphatic carbocycles. The van der Waals surface area contributed by atoms with Crippen molar-refractivity contribution < 1.29 is 25.8 Å². The standard InChI is InChI=1S/C37H32N4O.Pt/c1-36(2,3)26-14-16-40-35(21-26)41-33-13-10-24(23-38)17-31(33)30-12-11-28(22-34(30)41)42-29-19-25(32-9-7-8-15-39-32)18-27(20-29)37(4,5)6;/h7-18,20-21H,1-6H3;/q-2;+2. The Labute approximate surface area is 267 Å². The van der Waals surface area contributed by atoms with Crippen LogP contribution in [0, 0.1) is 23.5 Å². The Balaban J connectivity index is 0.00000368. The van der Waals surface area contributed by atoms with Gasteiger partial charge in [-0.1, -0.05) is 71.3 Å². The van der Waals surface area contributed by atoms with Crippen molar-refractivity contribution in [3.63, 3.8) is 0 Å². The number of aromatic nitrogens is 3. The maximum atomic E-state index is 9.61. The first-order valence-electron chi connectivity index (χ1n) is 14.1. The van der Waals surface area contributed by atoms with Crippen LogP contribution in [0.1, 0.15) is 58.2 Å². The summed E-state index contributed by atoms with van der Waals surface area (Å²) in [6, 6.07) is 33.1. The molecule has 0 aliphatic heterocycles. The molecule has 3 aromatic carbocycles. The summed E-state index contributed by atoms with van der Waals surface area (Å²) in [6.45, 7) is 13.1. The van der Waals surface area contributed by atoms with Crippen molar-refractivity contribution in [3.8, 4) is 34.6 Å². The van der Waals surface area contributed by atoms with E-state index in [9.17, 15) is 5.26 Å². The van der Waals surface area contributed by atoms with Gasteiger partial charge in [0, 0.05) is 29.4 Å². The van der Waals surface area contributed by atoms with E-state index < -0.39 is 0 Å². The quantitative estimate of drug-likeness (QED) is 0.169. The van der Waals surface area contributed by atoms with Gasteiger partial charge < -0.3 is 14.3 Å². The Hall–Kier alpha value is -4.26. The molecule has 6 heteroatoms. The van der Waals surface area contributed by atoms with Gasteiger partial charge in [0.05, 0.1) is 11.6 Å². The third-order valence-electron chi connectivity index (χ3n) is 7.49. The van der Waals surface area contributed by atoms with Crippen molar-refractivity contribution >= 4 is 21.8 Å². The van der Waals surface area contributed by atoms with E-state index in [-0.39, 0.29) is 31.9 Å². The monoisotopic (exact) mass is 743 g/mol. The minimum atomic E-state index is -0.0982. The number of ether oxygens (including phenoxy) is 1. The Bertz CT molecular complexity index is 1990. The molecule has 0 atom stereocenters. The second-order valence-electron chi connectivity index (χ2n) is 12.6. The number of nitriles is 1. The maximum Gasteiger partial charge on any atom is 2.00 e. The Kier molecular flexibility index (Phi) is 8.03. The molecule has 0 radical (unpaired) electrons. The molecule has 3 heterocycles. The van der Waals surface area contributed by atoms with Crippen LogP contribution in [0.15, 0.2) is 85.2 Å². The average molecular weight is 744 g/mol. The van der Waals surface area contributed by atoms with Crippen LogP contribution in [0.3, 0.4) is 0 Å². The molecule has 0 amide bonds. The predicted octanol–water partition coefficient (Wildman–Crippen LogP) is 9.10. The fraction of sp³-hybridized carbons (Fsp3) is 0.216. The van der Waals surface area contributed by atoms with Crippen LogP contribution in [0.4, 0.5) is 0 Å². The van der Waals surface area contributed by atoms with Crippen LogP contribution in [0.2, 0.25) is 0 Å². The molecule has 0 aliphatic rings. The molecule has 0 saturated heterocycles. The third kappa shape index (κ3) is 5.99. The molecule has 0 saturated carbocycles. The minimum Gasteiger partial charge on any atom is -0.503 e. The van der Waals surface area contributed by atoms with Crippen LogP contribution < -0.4 is 4.74 Å². The summed E-state index contributed by atoms with van der Waals surface area (Å²) < 4.78 is 8.57. The number of rotatable bonds is 4. The van der Waals surface area contributed by atoms with Crippen molar-refractivity contribution in [1.29, 1.82) is 5.26 Å². The van der Waals surface area contributed by atoms with Crippen LogP contribution >= 0.6 is 0 Å². The molecular formula is C37H32N4OPt. The van der Waals surface area contributed by atoms with Gasteiger partial charge in [0.1, 0.15) is 5.82 Å². The summed E-state index contributed by atoms with van der Waals surface area (Å²) in [5.41, 5.74) is 6.27. The zero-order valence-corrected chi connectivity index (χ0v) is 27.4. The molecule has 0 spiro atoms. The van der Waals surface area contributed by atoms with Crippen molar-refractivity contribution in [3.05, 3.63) is 114 Å². The number of hydrogen-bond acceptors (Lipinski definition) is 4. The first kappa shape index (κ1) is 30.2. The summed E-state index contributed by atoms with van der Waals surface area (Å²) >= 11 is 0. The van der Waals surface area contributed by atoms with E-state index in [2.05, 4.69) is 87.5 Å². The van der Waals surface area contributed by atoms with E-state index in [0.717, 1.165) is 44.4 Å². The smallest absolute Gasteiger partial charge is 0.503 e. The zero-order chi connectivity index (χ0) is 29.6. The zero-order valence-electron chi connectivity index (χ0n) is 25.1. The molecule has 6 rings (SSSR count). The molecule has 43 heavy (non-hydrogen) atoms. The van der Waals surface area contributed by atoms with Gasteiger partial charge in [0.2, 0.25) is 0 Å². The normalized spacial score (nSPS) is 11.7. The van der Waals surface area contributed by atoms with Crippen LogP contribution in [0.25, 0.3) is 38.9 Å². The van der Waals surface area contributed by atoms with Crippen LogP contribution in [-0.2, 0) is 31.9 Å². The van der Waals surface area contributed by atoms with Crippen LogP contribution in [-0.4, -0.2) is 14.5 Å². The van der Waals surface area contributed by atoms with Gasteiger partial charge in [-0.05, 0) is 63.9 Å². The number of nitrogens with zero attached hydrogens (tertiary/aromatic N) is 4. The summed E-state index contributed by atoms with van der Waals surface area (Å²) in [4.78, 5) is 9.30. The molecule has 0 fully saturated rings. The van der Waals surface area contributed by atoms with Crippen molar-refractivity contribution in [1.82, 2.24) is 14.5 Å². The molecule has 0 N–H and O–H groups in total. The van der Waals surface area contributed by atoms with E-state index in [0.29, 0.717) is 17.1 Å². The van der Waals surface area contributed by atoms with Crippen molar-refractivity contribution in [2.24, 2.45) is 0 Å². The molecule has 6 aromatic rings. The first-order valence-corrected chi connectivity index (χ1v) is 14.1. The van der Waals surface area contributed by atoms with E-state index in [4.69, 9.17) is 9.72 Å². The Morgan fingerprint density at radius 2 is 1.53 bits per heavy atom. The SMILES string of the molecule is CC(C)(C)c1cc(Oc2[c-]c3c(cc2)c2cc(C#N)ccc2n3-c2cc(C(C)(C)C)ccn2)[c-]c(-c2ccccn2)c1.[Pt+2]. The van der Waals surface area contributed by atoms with Gasteiger partial charge in [-0.15, -0.1) is 34.7 Å². The fourth-order valence-electron chi connectivity index (χ4n) is 5.11. The van der Waals surface area contributed by atoms with E-state index >= 15 is 0 Å². The van der Waals surface area contributed by atoms with Crippen molar-refractivity contribution in [2.75, 3.05) is 0 Å². The van der Waals surface area contributed by atoms with E-state index in [1.807, 2.05) is 60.8 Å². The van der Waals surface area contributed by atoms with E-state index in [1.165, 1.54) is 5.56 Å². The maximum absolute atomic E-state index is 9.61. The summed E-state index contributed by atoms with van der Waals surface area (Å²) in [6.07, 6.45) is 3.64. The van der Waals surface area contributed by atoms with Crippen molar-refractivity contribution in [2.45, 2.75) is 52.4 Å². The van der Waals surface area contributed by atoms with Gasteiger partial charge in [0.15, 0.2) is 0 Å². The van der Waals surface area contributed by atoms with Gasteiger partial charge >= 0.3 is 21.1 Å². The number of benzene rings is 3. The van der Waals surface area contributed by atoms with Gasteiger partial charge in [-0.2, -0.15) is 11.3 Å². The predicted molar refractivity (Wildman–Crippen MR) is 168 cm³/mol. The molecule has 5 nitrogen and oxygen atoms in total. The van der Waals surface area contributed by atoms with E-state index in [1.54, 1.807) is 6.20 Å². The number of hydrogen-bond donors (Lipinski definition) is 0. The second-order valence-corrected chi connectivity index (χ2v) is 12.6. The molecule has 3 aromatic heterocycles. The minimum absolute atomic E-state index is 0. The largest absolute Gasteiger partial charge is 2.00 e. The molecule has 216 valence electrons. The Morgan fingerprint density at radius 3 is 2.23 bits per heavy atom. The fourth-order valence-corrected chi connectivity index (χ4v) is 5.11. The topological polar surface area (TPSA) is 63.7 Å². The second kappa shape index (κ2) is 11.4. The summed E-state index contributed by atoms with van der Waals surface area (Å²) in [5, 5.41) is 11.5.